The zero-order valence-corrected chi connectivity index (χ0v) is 11.2. The minimum Gasteiger partial charge on any atom is -0.478 e. The number of carbonyl (C=O) groups is 1. The molecule has 0 bridgehead atoms. The van der Waals surface area contributed by atoms with E-state index >= 15 is 0 Å². The third-order valence-electron chi connectivity index (χ3n) is 3.34. The lowest BCUT2D eigenvalue weighted by Gasteiger charge is -2.07. The molecule has 0 unspecified atom stereocenters. The van der Waals surface area contributed by atoms with Gasteiger partial charge >= 0.3 is 5.97 Å². The molecule has 5 nitrogen and oxygen atoms in total. The van der Waals surface area contributed by atoms with Gasteiger partial charge in [0.1, 0.15) is 11.3 Å². The van der Waals surface area contributed by atoms with Gasteiger partial charge < -0.3 is 5.11 Å². The number of benzene rings is 2. The molecule has 0 aliphatic carbocycles. The van der Waals surface area contributed by atoms with E-state index in [0.717, 1.165) is 11.2 Å². The van der Waals surface area contributed by atoms with Crippen LogP contribution in [0.25, 0.3) is 16.7 Å². The Balaban J connectivity index is 2.28. The van der Waals surface area contributed by atoms with E-state index in [1.165, 1.54) is 0 Å². The summed E-state index contributed by atoms with van der Waals surface area (Å²) in [5.74, 6) is -0.298. The van der Waals surface area contributed by atoms with Crippen LogP contribution in [0, 0.1) is 18.3 Å². The topological polar surface area (TPSA) is 78.9 Å². The SMILES string of the molecule is Cc1nc2c(C(=O)O)cccc2n1-c1ccc(C#N)cc1. The summed E-state index contributed by atoms with van der Waals surface area (Å²) >= 11 is 0. The van der Waals surface area contributed by atoms with Gasteiger partial charge in [-0.2, -0.15) is 5.26 Å². The second kappa shape index (κ2) is 4.76. The van der Waals surface area contributed by atoms with E-state index in [9.17, 15) is 9.90 Å². The van der Waals surface area contributed by atoms with Gasteiger partial charge in [0.2, 0.25) is 0 Å². The number of carboxylic acid groups (broad SMARTS) is 1. The van der Waals surface area contributed by atoms with E-state index in [2.05, 4.69) is 11.1 Å². The fraction of sp³-hybridized carbons (Fsp3) is 0.0625. The predicted octanol–water partition coefficient (Wildman–Crippen LogP) is 2.90. The molecule has 0 amide bonds. The average molecular weight is 277 g/mol. The van der Waals surface area contributed by atoms with Crippen molar-refractivity contribution in [2.24, 2.45) is 0 Å². The largest absolute Gasteiger partial charge is 0.478 e. The minimum atomic E-state index is -0.995. The normalized spacial score (nSPS) is 10.5. The molecule has 3 rings (SSSR count). The third kappa shape index (κ3) is 2.03. The first-order valence-electron chi connectivity index (χ1n) is 6.33. The first kappa shape index (κ1) is 12.9. The number of para-hydroxylation sites is 1. The molecule has 0 aliphatic heterocycles. The molecule has 21 heavy (non-hydrogen) atoms. The highest BCUT2D eigenvalue weighted by atomic mass is 16.4. The van der Waals surface area contributed by atoms with Crippen LogP contribution >= 0.6 is 0 Å². The van der Waals surface area contributed by atoms with E-state index in [1.807, 2.05) is 29.7 Å². The van der Waals surface area contributed by atoms with Crippen molar-refractivity contribution in [2.45, 2.75) is 6.92 Å². The van der Waals surface area contributed by atoms with Gasteiger partial charge in [-0.3, -0.25) is 4.57 Å². The molecular weight excluding hydrogens is 266 g/mol. The summed E-state index contributed by atoms with van der Waals surface area (Å²) in [6.45, 7) is 1.82. The van der Waals surface area contributed by atoms with Gasteiger partial charge in [0.25, 0.3) is 0 Å². The van der Waals surface area contributed by atoms with E-state index in [-0.39, 0.29) is 5.56 Å². The Morgan fingerprint density at radius 3 is 2.57 bits per heavy atom. The lowest BCUT2D eigenvalue weighted by molar-refractivity contribution is 0.0699. The fourth-order valence-electron chi connectivity index (χ4n) is 2.40. The van der Waals surface area contributed by atoms with Gasteiger partial charge in [-0.25, -0.2) is 9.78 Å². The maximum Gasteiger partial charge on any atom is 0.337 e. The number of fused-ring (bicyclic) bond motifs is 1. The second-order valence-electron chi connectivity index (χ2n) is 4.63. The molecule has 102 valence electrons. The Kier molecular flexibility index (Phi) is 2.92. The highest BCUT2D eigenvalue weighted by Gasteiger charge is 2.15. The minimum absolute atomic E-state index is 0.183. The number of carboxylic acids is 1. The van der Waals surface area contributed by atoms with Gasteiger partial charge in [-0.15, -0.1) is 0 Å². The van der Waals surface area contributed by atoms with Crippen LogP contribution in [-0.4, -0.2) is 20.6 Å². The number of rotatable bonds is 2. The molecule has 5 heteroatoms. The maximum absolute atomic E-state index is 11.3. The Labute approximate surface area is 120 Å². The summed E-state index contributed by atoms with van der Waals surface area (Å²) in [5.41, 5.74) is 2.80. The molecule has 0 spiro atoms. The van der Waals surface area contributed by atoms with Crippen molar-refractivity contribution in [2.75, 3.05) is 0 Å². The average Bonchev–Trinajstić information content (AvgIpc) is 2.82. The van der Waals surface area contributed by atoms with Crippen LogP contribution in [0.3, 0.4) is 0 Å². The Hall–Kier alpha value is -3.13. The molecule has 3 aromatic rings. The summed E-state index contributed by atoms with van der Waals surface area (Å²) in [4.78, 5) is 15.6. The van der Waals surface area contributed by atoms with Crippen molar-refractivity contribution >= 4 is 17.0 Å². The zero-order valence-electron chi connectivity index (χ0n) is 11.2. The predicted molar refractivity (Wildman–Crippen MR) is 77.5 cm³/mol. The van der Waals surface area contributed by atoms with Crippen LogP contribution in [0.2, 0.25) is 0 Å². The Morgan fingerprint density at radius 1 is 1.24 bits per heavy atom. The molecule has 1 heterocycles. The van der Waals surface area contributed by atoms with E-state index in [4.69, 9.17) is 5.26 Å². The van der Waals surface area contributed by atoms with Gasteiger partial charge in [0, 0.05) is 5.69 Å². The van der Waals surface area contributed by atoms with Crippen LogP contribution in [0.1, 0.15) is 21.7 Å². The van der Waals surface area contributed by atoms with Crippen molar-refractivity contribution in [3.63, 3.8) is 0 Å². The quantitative estimate of drug-likeness (QED) is 0.781. The monoisotopic (exact) mass is 277 g/mol. The zero-order chi connectivity index (χ0) is 15.0. The van der Waals surface area contributed by atoms with Crippen LogP contribution in [0.5, 0.6) is 0 Å². The molecule has 2 aromatic carbocycles. The fourth-order valence-corrected chi connectivity index (χ4v) is 2.40. The number of aryl methyl sites for hydroxylation is 1. The van der Waals surface area contributed by atoms with Gasteiger partial charge in [-0.1, -0.05) is 6.07 Å². The molecule has 0 aliphatic rings. The number of aromatic nitrogens is 2. The summed E-state index contributed by atoms with van der Waals surface area (Å²) in [6.07, 6.45) is 0. The first-order valence-corrected chi connectivity index (χ1v) is 6.33. The number of hydrogen-bond donors (Lipinski definition) is 1. The van der Waals surface area contributed by atoms with Crippen LogP contribution < -0.4 is 0 Å². The number of aromatic carboxylic acids is 1. The Bertz CT molecular complexity index is 886. The van der Waals surface area contributed by atoms with Crippen molar-refractivity contribution in [1.29, 1.82) is 5.26 Å². The van der Waals surface area contributed by atoms with Crippen molar-refractivity contribution in [1.82, 2.24) is 9.55 Å². The highest BCUT2D eigenvalue weighted by molar-refractivity contribution is 6.01. The number of hydrogen-bond acceptors (Lipinski definition) is 3. The third-order valence-corrected chi connectivity index (χ3v) is 3.34. The van der Waals surface area contributed by atoms with Crippen LogP contribution in [0.4, 0.5) is 0 Å². The summed E-state index contributed by atoms with van der Waals surface area (Å²) in [6, 6.07) is 14.2. The summed E-state index contributed by atoms with van der Waals surface area (Å²) in [5, 5.41) is 18.1. The molecular formula is C16H11N3O2. The van der Waals surface area contributed by atoms with Crippen molar-refractivity contribution in [3.8, 4) is 11.8 Å². The van der Waals surface area contributed by atoms with Crippen molar-refractivity contribution < 1.29 is 9.90 Å². The first-order chi connectivity index (χ1) is 10.1. The van der Waals surface area contributed by atoms with Crippen LogP contribution in [-0.2, 0) is 0 Å². The second-order valence-corrected chi connectivity index (χ2v) is 4.63. The highest BCUT2D eigenvalue weighted by Crippen LogP contribution is 2.24. The standard InChI is InChI=1S/C16H11N3O2/c1-10-18-15-13(16(20)21)3-2-4-14(15)19(10)12-7-5-11(9-17)6-8-12/h2-8H,1H3,(H,20,21). The van der Waals surface area contributed by atoms with E-state index in [0.29, 0.717) is 16.9 Å². The van der Waals surface area contributed by atoms with Crippen LogP contribution in [0.15, 0.2) is 42.5 Å². The van der Waals surface area contributed by atoms with E-state index in [1.54, 1.807) is 24.3 Å². The summed E-state index contributed by atoms with van der Waals surface area (Å²) in [7, 11) is 0. The molecule has 0 saturated carbocycles. The molecule has 0 saturated heterocycles. The number of imidazole rings is 1. The lowest BCUT2D eigenvalue weighted by Crippen LogP contribution is -1.98. The molecule has 1 N–H and O–H groups in total. The number of nitriles is 1. The molecule has 0 radical (unpaired) electrons. The van der Waals surface area contributed by atoms with Gasteiger partial charge in [0.15, 0.2) is 0 Å². The van der Waals surface area contributed by atoms with Gasteiger partial charge in [-0.05, 0) is 43.3 Å². The summed E-state index contributed by atoms with van der Waals surface area (Å²) < 4.78 is 1.88. The Morgan fingerprint density at radius 2 is 1.95 bits per heavy atom. The molecule has 0 fully saturated rings. The van der Waals surface area contributed by atoms with Gasteiger partial charge in [0.05, 0.1) is 22.7 Å². The maximum atomic E-state index is 11.3. The van der Waals surface area contributed by atoms with Crippen molar-refractivity contribution in [3.05, 3.63) is 59.4 Å². The molecule has 1 aromatic heterocycles. The smallest absolute Gasteiger partial charge is 0.337 e. The number of nitrogens with zero attached hydrogens (tertiary/aromatic N) is 3. The lowest BCUT2D eigenvalue weighted by atomic mass is 10.2. The van der Waals surface area contributed by atoms with E-state index < -0.39 is 5.97 Å². The molecule has 0 atom stereocenters.